The molecule has 1 aromatic carbocycles. The maximum Gasteiger partial charge on any atom is 0.459 e. The molecule has 0 radical (unpaired) electrons. The number of aryl methyl sites for hydroxylation is 1. The number of rotatable bonds is 6. The molecule has 1 aromatic heterocycles. The van der Waals surface area contributed by atoms with Gasteiger partial charge in [-0.15, -0.1) is 0 Å². The summed E-state index contributed by atoms with van der Waals surface area (Å²) >= 11 is 0. The zero-order chi connectivity index (χ0) is 25.4. The molecule has 2 aromatic rings. The van der Waals surface area contributed by atoms with Gasteiger partial charge in [0, 0.05) is 31.3 Å². The maximum atomic E-state index is 13.9. The highest BCUT2D eigenvalue weighted by Crippen LogP contribution is 2.48. The Morgan fingerprint density at radius 3 is 2.18 bits per heavy atom. The minimum Gasteiger partial charge on any atom is -0.352 e. The van der Waals surface area contributed by atoms with Crippen molar-refractivity contribution in [3.05, 3.63) is 46.5 Å². The van der Waals surface area contributed by atoms with Gasteiger partial charge in [-0.3, -0.25) is 14.3 Å². The topological polar surface area (TPSA) is 76.0 Å². The first kappa shape index (κ1) is 26.0. The molecule has 0 saturated heterocycles. The van der Waals surface area contributed by atoms with E-state index in [1.54, 1.807) is 0 Å². The van der Waals surface area contributed by atoms with Gasteiger partial charge in [-0.1, -0.05) is 6.92 Å². The number of carbonyl (C=O) groups excluding carboxylic acids is 2. The lowest BCUT2D eigenvalue weighted by Crippen LogP contribution is -2.36. The van der Waals surface area contributed by atoms with Crippen LogP contribution in [0.3, 0.4) is 0 Å². The van der Waals surface area contributed by atoms with Crippen molar-refractivity contribution in [2.75, 3.05) is 5.32 Å². The molecule has 0 unspecified atom stereocenters. The minimum atomic E-state index is -6.41. The number of aromatic nitrogens is 2. The fourth-order valence-electron chi connectivity index (χ4n) is 2.70. The Hall–Kier alpha value is -3.26. The monoisotopic (exact) mass is 490 g/mol. The lowest BCUT2D eigenvalue weighted by Gasteiger charge is -2.19. The molecule has 0 aliphatic carbocycles. The van der Waals surface area contributed by atoms with Gasteiger partial charge in [0.1, 0.15) is 17.1 Å². The number of benzene rings is 1. The van der Waals surface area contributed by atoms with Crippen LogP contribution in [0.15, 0.2) is 18.2 Å². The van der Waals surface area contributed by atoms with E-state index in [0.29, 0.717) is 7.05 Å². The number of amides is 2. The van der Waals surface area contributed by atoms with E-state index in [0.717, 1.165) is 18.2 Å². The summed E-state index contributed by atoms with van der Waals surface area (Å²) in [4.78, 5) is 23.7. The molecule has 6 nitrogen and oxygen atoms in total. The van der Waals surface area contributed by atoms with Crippen LogP contribution in [0.25, 0.3) is 0 Å². The Bertz CT molecular complexity index is 1060. The van der Waals surface area contributed by atoms with E-state index in [4.69, 9.17) is 0 Å². The van der Waals surface area contributed by atoms with E-state index in [2.05, 4.69) is 10.4 Å². The largest absolute Gasteiger partial charge is 0.459 e. The van der Waals surface area contributed by atoms with Gasteiger partial charge in [-0.05, 0) is 18.2 Å². The number of hydrogen-bond acceptors (Lipinski definition) is 3. The molecule has 15 heteroatoms. The molecule has 182 valence electrons. The molecular weight excluding hydrogens is 475 g/mol. The quantitative estimate of drug-likeness (QED) is 0.586. The number of anilines is 1. The van der Waals surface area contributed by atoms with Crippen LogP contribution in [-0.2, 0) is 30.5 Å². The van der Waals surface area contributed by atoms with Crippen molar-refractivity contribution < 1.29 is 49.1 Å². The Kier molecular flexibility index (Phi) is 7.04. The summed E-state index contributed by atoms with van der Waals surface area (Å²) in [6.45, 7) is 1.18. The third-order valence-electron chi connectivity index (χ3n) is 4.30. The zero-order valence-corrected chi connectivity index (χ0v) is 16.8. The molecule has 0 fully saturated rings. The van der Waals surface area contributed by atoms with Gasteiger partial charge in [-0.2, -0.15) is 40.2 Å². The van der Waals surface area contributed by atoms with E-state index in [1.165, 1.54) is 6.92 Å². The number of carbonyl (C=O) groups is 2. The molecule has 0 saturated carbocycles. The van der Waals surface area contributed by atoms with Crippen molar-refractivity contribution >= 4 is 17.5 Å². The molecule has 2 amide bonds. The number of halogens is 9. The number of hydrogen-bond donors (Lipinski definition) is 2. The van der Waals surface area contributed by atoms with E-state index < -0.39 is 52.9 Å². The van der Waals surface area contributed by atoms with Crippen LogP contribution in [0.1, 0.15) is 40.7 Å². The van der Waals surface area contributed by atoms with Crippen LogP contribution in [0, 0.1) is 5.82 Å². The summed E-state index contributed by atoms with van der Waals surface area (Å²) in [7, 11) is 0.580. The average molecular weight is 490 g/mol. The predicted molar refractivity (Wildman–Crippen MR) is 94.6 cm³/mol. The summed E-state index contributed by atoms with van der Waals surface area (Å²) in [5.74, 6) is -9.02. The highest BCUT2D eigenvalue weighted by molar-refractivity contribution is 6.04. The van der Waals surface area contributed by atoms with Gasteiger partial charge < -0.3 is 10.6 Å². The van der Waals surface area contributed by atoms with Crippen molar-refractivity contribution in [1.29, 1.82) is 0 Å². The van der Waals surface area contributed by atoms with Crippen molar-refractivity contribution in [2.24, 2.45) is 7.05 Å². The van der Waals surface area contributed by atoms with Gasteiger partial charge in [0.2, 0.25) is 5.91 Å². The molecule has 2 N–H and O–H groups in total. The maximum absolute atomic E-state index is 13.9. The van der Waals surface area contributed by atoms with Crippen LogP contribution in [-0.4, -0.2) is 27.8 Å². The van der Waals surface area contributed by atoms with Gasteiger partial charge in [-0.25, -0.2) is 4.39 Å². The molecular formula is C18H15F9N4O2. The Morgan fingerprint density at radius 2 is 1.67 bits per heavy atom. The molecule has 0 aliphatic heterocycles. The smallest absolute Gasteiger partial charge is 0.352 e. The number of nitrogens with zero attached hydrogens (tertiary/aromatic N) is 2. The van der Waals surface area contributed by atoms with Crippen molar-refractivity contribution in [3.63, 3.8) is 0 Å². The van der Waals surface area contributed by atoms with Crippen LogP contribution in [0.2, 0.25) is 0 Å². The normalized spacial score (nSPS) is 12.6. The van der Waals surface area contributed by atoms with Gasteiger partial charge in [0.05, 0.1) is 0 Å². The third kappa shape index (κ3) is 5.39. The predicted octanol–water partition coefficient (Wildman–Crippen LogP) is 4.51. The summed E-state index contributed by atoms with van der Waals surface area (Å²) < 4.78 is 120. The van der Waals surface area contributed by atoms with E-state index >= 15 is 0 Å². The Balaban J connectivity index is 2.48. The summed E-state index contributed by atoms with van der Waals surface area (Å²) in [5.41, 5.74) is -7.37. The summed E-state index contributed by atoms with van der Waals surface area (Å²) in [6, 6.07) is 2.66. The standard InChI is InChI=1S/C18H15F9N4O2/c1-3-11(32)28-7-8-6-9(4-5-10(8)19)29-15(33)13-12(17(22,23)24)14(30-31(13)2)16(20,21)18(25,26)27/h4-6H,3,7H2,1-2H3,(H,28,32)(H,29,33). The molecule has 1 heterocycles. The second-order valence-corrected chi connectivity index (χ2v) is 6.66. The zero-order valence-electron chi connectivity index (χ0n) is 16.8. The molecule has 0 atom stereocenters. The summed E-state index contributed by atoms with van der Waals surface area (Å²) in [6.07, 6.45) is -12.1. The van der Waals surface area contributed by atoms with Crippen LogP contribution in [0.5, 0.6) is 0 Å². The molecule has 0 spiro atoms. The number of alkyl halides is 8. The van der Waals surface area contributed by atoms with Crippen molar-refractivity contribution in [1.82, 2.24) is 15.1 Å². The molecule has 33 heavy (non-hydrogen) atoms. The Morgan fingerprint density at radius 1 is 1.06 bits per heavy atom. The van der Waals surface area contributed by atoms with E-state index in [-0.39, 0.29) is 28.9 Å². The van der Waals surface area contributed by atoms with E-state index in [1.807, 2.05) is 5.32 Å². The molecule has 0 aliphatic rings. The van der Waals surface area contributed by atoms with Gasteiger partial charge >= 0.3 is 18.3 Å². The Labute approximate surface area is 179 Å². The van der Waals surface area contributed by atoms with Crippen LogP contribution >= 0.6 is 0 Å². The van der Waals surface area contributed by atoms with Crippen molar-refractivity contribution in [2.45, 2.75) is 38.2 Å². The second kappa shape index (κ2) is 8.94. The van der Waals surface area contributed by atoms with Crippen LogP contribution < -0.4 is 10.6 Å². The van der Waals surface area contributed by atoms with Crippen molar-refractivity contribution in [3.8, 4) is 0 Å². The number of nitrogens with one attached hydrogen (secondary N) is 2. The highest BCUT2D eigenvalue weighted by Gasteiger charge is 2.64. The second-order valence-electron chi connectivity index (χ2n) is 6.66. The first-order valence-electron chi connectivity index (χ1n) is 8.96. The SMILES string of the molecule is CCC(=O)NCc1cc(NC(=O)c2c(C(F)(F)F)c(C(F)(F)C(F)(F)F)nn2C)ccc1F. The fraction of sp³-hybridized carbons (Fsp3) is 0.389. The fourth-order valence-corrected chi connectivity index (χ4v) is 2.70. The molecule has 0 bridgehead atoms. The first-order chi connectivity index (χ1) is 15.0. The average Bonchev–Trinajstić information content (AvgIpc) is 3.05. The summed E-state index contributed by atoms with van der Waals surface area (Å²) in [5, 5.41) is 6.83. The lowest BCUT2D eigenvalue weighted by atomic mass is 10.1. The van der Waals surface area contributed by atoms with Crippen LogP contribution in [0.4, 0.5) is 45.2 Å². The first-order valence-corrected chi connectivity index (χ1v) is 8.96. The highest BCUT2D eigenvalue weighted by atomic mass is 19.4. The van der Waals surface area contributed by atoms with E-state index in [9.17, 15) is 49.1 Å². The molecule has 2 rings (SSSR count). The van der Waals surface area contributed by atoms with Gasteiger partial charge in [0.25, 0.3) is 5.91 Å². The van der Waals surface area contributed by atoms with Gasteiger partial charge in [0.15, 0.2) is 5.69 Å². The minimum absolute atomic E-state index is 0.0565. The third-order valence-corrected chi connectivity index (χ3v) is 4.30. The lowest BCUT2D eigenvalue weighted by molar-refractivity contribution is -0.292.